The van der Waals surface area contributed by atoms with Crippen molar-refractivity contribution in [1.82, 2.24) is 10.2 Å². The van der Waals surface area contributed by atoms with Gasteiger partial charge in [-0.15, -0.1) is 0 Å². The van der Waals surface area contributed by atoms with E-state index in [1.54, 1.807) is 33.5 Å². The van der Waals surface area contributed by atoms with Gasteiger partial charge in [-0.25, -0.2) is 0 Å². The predicted molar refractivity (Wildman–Crippen MR) is 157 cm³/mol. The molecule has 0 bridgehead atoms. The first-order valence-corrected chi connectivity index (χ1v) is 14.2. The van der Waals surface area contributed by atoms with Crippen LogP contribution in [0.1, 0.15) is 56.2 Å². The minimum atomic E-state index is -0.353. The van der Waals surface area contributed by atoms with Gasteiger partial charge >= 0.3 is 0 Å². The Kier molecular flexibility index (Phi) is 10.5. The Labute approximate surface area is 241 Å². The third-order valence-corrected chi connectivity index (χ3v) is 7.66. The number of nitrogens with one attached hydrogen (secondary N) is 2. The molecule has 222 valence electrons. The van der Waals surface area contributed by atoms with Crippen molar-refractivity contribution in [2.75, 3.05) is 59.5 Å². The van der Waals surface area contributed by atoms with Gasteiger partial charge in [0.2, 0.25) is 23.0 Å². The molecular formula is C31H41N3O7. The van der Waals surface area contributed by atoms with E-state index >= 15 is 0 Å². The van der Waals surface area contributed by atoms with Crippen LogP contribution in [-0.4, -0.2) is 70.9 Å². The largest absolute Gasteiger partial charge is 0.493 e. The highest BCUT2D eigenvalue weighted by Crippen LogP contribution is 2.50. The van der Waals surface area contributed by atoms with Crippen LogP contribution in [0.3, 0.4) is 0 Å². The highest BCUT2D eigenvalue weighted by molar-refractivity contribution is 5.83. The molecular weight excluding hydrogens is 526 g/mol. The zero-order valence-corrected chi connectivity index (χ0v) is 24.5. The fourth-order valence-electron chi connectivity index (χ4n) is 5.63. The van der Waals surface area contributed by atoms with E-state index in [2.05, 4.69) is 10.6 Å². The van der Waals surface area contributed by atoms with Gasteiger partial charge in [0, 0.05) is 38.5 Å². The molecule has 0 radical (unpaired) electrons. The average molecular weight is 568 g/mol. The summed E-state index contributed by atoms with van der Waals surface area (Å²) in [5.74, 6) is 1.56. The first-order valence-electron chi connectivity index (χ1n) is 14.2. The molecule has 0 spiro atoms. The number of amides is 2. The van der Waals surface area contributed by atoms with Crippen molar-refractivity contribution in [2.24, 2.45) is 0 Å². The van der Waals surface area contributed by atoms with E-state index in [-0.39, 0.29) is 23.3 Å². The van der Waals surface area contributed by atoms with Crippen LogP contribution in [0.25, 0.3) is 11.1 Å². The second-order valence-electron chi connectivity index (χ2n) is 10.3. The number of fused-ring (bicyclic) bond motifs is 3. The van der Waals surface area contributed by atoms with Crippen molar-refractivity contribution >= 4 is 17.5 Å². The average Bonchev–Trinajstić information content (AvgIpc) is 3.22. The van der Waals surface area contributed by atoms with Crippen molar-refractivity contribution in [1.29, 1.82) is 0 Å². The first-order chi connectivity index (χ1) is 19.9. The summed E-state index contributed by atoms with van der Waals surface area (Å²) in [4.78, 5) is 39.7. The molecule has 4 rings (SSSR count). The number of unbranched alkanes of at least 4 members (excludes halogenated alkanes) is 2. The van der Waals surface area contributed by atoms with Gasteiger partial charge in [-0.05, 0) is 60.6 Å². The number of hydrogen-bond acceptors (Lipinski definition) is 8. The Bertz CT molecular complexity index is 1310. The highest BCUT2D eigenvalue weighted by Gasteiger charge is 2.29. The first kappa shape index (κ1) is 30.2. The quantitative estimate of drug-likeness (QED) is 0.395. The molecule has 0 aromatic heterocycles. The van der Waals surface area contributed by atoms with E-state index in [9.17, 15) is 14.4 Å². The minimum absolute atomic E-state index is 0.160. The maximum atomic E-state index is 13.4. The number of benzene rings is 1. The normalized spacial score (nSPS) is 16.1. The maximum Gasteiger partial charge on any atom is 0.222 e. The van der Waals surface area contributed by atoms with E-state index in [4.69, 9.17) is 18.9 Å². The molecule has 2 amide bonds. The summed E-state index contributed by atoms with van der Waals surface area (Å²) in [6, 6.07) is 6.90. The molecule has 10 heteroatoms. The van der Waals surface area contributed by atoms with Gasteiger partial charge in [-0.2, -0.15) is 0 Å². The Morgan fingerprint density at radius 1 is 1.00 bits per heavy atom. The van der Waals surface area contributed by atoms with Gasteiger partial charge in [0.15, 0.2) is 11.5 Å². The lowest BCUT2D eigenvalue weighted by molar-refractivity contribution is -0.135. The summed E-state index contributed by atoms with van der Waals surface area (Å²) in [5.41, 5.74) is 3.63. The number of rotatable bonds is 11. The number of nitrogens with zero attached hydrogens (tertiary/aromatic N) is 1. The Morgan fingerprint density at radius 2 is 1.76 bits per heavy atom. The summed E-state index contributed by atoms with van der Waals surface area (Å²) in [5, 5.41) is 6.31. The second kappa shape index (κ2) is 14.2. The third kappa shape index (κ3) is 7.11. The van der Waals surface area contributed by atoms with Gasteiger partial charge in [-0.1, -0.05) is 12.5 Å². The standard InChI is InChI=1S/C31H41N3O7/c1-20(35)33-24-11-9-21-18-27(38-2)30(39-3)31(40-4)29(21)22-10-12-25(26(36)19-23(22)24)32-13-7-5-6-8-28(37)34-14-16-41-17-15-34/h10,12,18-19,24H,5-9,11,13-17H2,1-4H3,(H,32,36)(H,33,35)/t24-/m0/s1. The number of hydrogen-bond donors (Lipinski definition) is 2. The second-order valence-corrected chi connectivity index (χ2v) is 10.3. The van der Waals surface area contributed by atoms with Gasteiger partial charge in [-0.3, -0.25) is 14.4 Å². The van der Waals surface area contributed by atoms with Crippen LogP contribution in [0.2, 0.25) is 0 Å². The Morgan fingerprint density at radius 3 is 2.44 bits per heavy atom. The zero-order chi connectivity index (χ0) is 29.4. The molecule has 0 unspecified atom stereocenters. The van der Waals surface area contributed by atoms with Crippen LogP contribution >= 0.6 is 0 Å². The fourth-order valence-corrected chi connectivity index (χ4v) is 5.63. The van der Waals surface area contributed by atoms with Crippen LogP contribution in [0.15, 0.2) is 29.1 Å². The number of anilines is 1. The monoisotopic (exact) mass is 567 g/mol. The lowest BCUT2D eigenvalue weighted by Gasteiger charge is -2.26. The van der Waals surface area contributed by atoms with Crippen LogP contribution in [0.4, 0.5) is 5.69 Å². The molecule has 2 aromatic carbocycles. The van der Waals surface area contributed by atoms with Gasteiger partial charge in [0.05, 0.1) is 46.3 Å². The van der Waals surface area contributed by atoms with E-state index in [1.165, 1.54) is 6.92 Å². The lowest BCUT2D eigenvalue weighted by atomic mass is 9.95. The maximum absolute atomic E-state index is 13.4. The third-order valence-electron chi connectivity index (χ3n) is 7.66. The van der Waals surface area contributed by atoms with E-state index in [1.807, 2.05) is 17.0 Å². The number of carbonyl (C=O) groups is 2. The highest BCUT2D eigenvalue weighted by atomic mass is 16.5. The number of aryl methyl sites for hydroxylation is 1. The number of morpholine rings is 1. The van der Waals surface area contributed by atoms with Crippen LogP contribution < -0.4 is 30.3 Å². The molecule has 1 heterocycles. The van der Waals surface area contributed by atoms with Crippen molar-refractivity contribution < 1.29 is 28.5 Å². The summed E-state index contributed by atoms with van der Waals surface area (Å²) in [6.07, 6.45) is 4.29. The SMILES string of the molecule is COc1cc2c(c(OC)c1OC)-c1ccc(NCCCCCC(=O)N3CCOCC3)c(=O)cc1[C@@H](NC(C)=O)CC2. The summed E-state index contributed by atoms with van der Waals surface area (Å²) < 4.78 is 22.4. The van der Waals surface area contributed by atoms with Crippen molar-refractivity contribution in [3.05, 3.63) is 45.6 Å². The Hall–Kier alpha value is -3.79. The summed E-state index contributed by atoms with van der Waals surface area (Å²) in [6.45, 7) is 4.64. The molecule has 2 aliphatic rings. The molecule has 2 aromatic rings. The van der Waals surface area contributed by atoms with Crippen LogP contribution in [-0.2, 0) is 20.7 Å². The smallest absolute Gasteiger partial charge is 0.222 e. The molecule has 1 saturated heterocycles. The molecule has 1 atom stereocenters. The van der Waals surface area contributed by atoms with E-state index in [0.717, 1.165) is 41.5 Å². The topological polar surface area (TPSA) is 115 Å². The van der Waals surface area contributed by atoms with Crippen molar-refractivity contribution in [2.45, 2.75) is 51.5 Å². The molecule has 1 aliphatic carbocycles. The predicted octanol–water partition coefficient (Wildman–Crippen LogP) is 3.69. The summed E-state index contributed by atoms with van der Waals surface area (Å²) >= 11 is 0. The molecule has 2 N–H and O–H groups in total. The molecule has 0 saturated carbocycles. The van der Waals surface area contributed by atoms with Gasteiger partial charge < -0.3 is 34.5 Å². The van der Waals surface area contributed by atoms with E-state index in [0.29, 0.717) is 75.0 Å². The molecule has 10 nitrogen and oxygen atoms in total. The number of methoxy groups -OCH3 is 3. The van der Waals surface area contributed by atoms with E-state index < -0.39 is 0 Å². The van der Waals surface area contributed by atoms with Crippen LogP contribution in [0, 0.1) is 0 Å². The van der Waals surface area contributed by atoms with Crippen molar-refractivity contribution in [3.8, 4) is 28.4 Å². The van der Waals surface area contributed by atoms with Crippen molar-refractivity contribution in [3.63, 3.8) is 0 Å². The number of ether oxygens (including phenoxy) is 4. The molecule has 1 aliphatic heterocycles. The van der Waals surface area contributed by atoms with Gasteiger partial charge in [0.25, 0.3) is 0 Å². The van der Waals surface area contributed by atoms with Crippen LogP contribution in [0.5, 0.6) is 17.2 Å². The fraction of sp³-hybridized carbons (Fsp3) is 0.516. The number of carbonyl (C=O) groups excluding carboxylic acids is 2. The van der Waals surface area contributed by atoms with Gasteiger partial charge in [0.1, 0.15) is 0 Å². The zero-order valence-electron chi connectivity index (χ0n) is 24.5. The molecule has 41 heavy (non-hydrogen) atoms. The summed E-state index contributed by atoms with van der Waals surface area (Å²) in [7, 11) is 4.72. The molecule has 1 fully saturated rings. The lowest BCUT2D eigenvalue weighted by Crippen LogP contribution is -2.40. The Balaban J connectivity index is 1.56. The minimum Gasteiger partial charge on any atom is -0.493 e.